The minimum Gasteiger partial charge on any atom is -0.464 e. The average molecular weight is 426 g/mol. The maximum absolute atomic E-state index is 13.0. The number of aromatic nitrogens is 1. The highest BCUT2D eigenvalue weighted by molar-refractivity contribution is 6.31. The fourth-order valence-corrected chi connectivity index (χ4v) is 3.84. The largest absolute Gasteiger partial charge is 0.464 e. The first-order valence-electron chi connectivity index (χ1n) is 10.2. The van der Waals surface area contributed by atoms with Crippen LogP contribution in [0.4, 0.5) is 0 Å². The zero-order valence-electron chi connectivity index (χ0n) is 16.8. The average Bonchev–Trinajstić information content (AvgIpc) is 2.78. The zero-order chi connectivity index (χ0) is 20.9. The van der Waals surface area contributed by atoms with E-state index in [0.717, 1.165) is 24.8 Å². The summed E-state index contributed by atoms with van der Waals surface area (Å²) in [6.07, 6.45) is 11.3. The van der Waals surface area contributed by atoms with Crippen LogP contribution in [-0.2, 0) is 9.47 Å². The van der Waals surface area contributed by atoms with E-state index in [2.05, 4.69) is 24.1 Å². The van der Waals surface area contributed by atoms with Gasteiger partial charge in [0.25, 0.3) is 0 Å². The molecule has 1 saturated heterocycles. The molecule has 4 rings (SSSR count). The SMILES string of the molecule is CCC/C=C\C[C@@H]1CO[C@H](c2coc3ccc(Cl)cc3c2=O)O[C@@H]1c1cccnc1. The number of benzene rings is 1. The number of unbranched alkanes of at least 4 members (excludes halogenated alkanes) is 1. The lowest BCUT2D eigenvalue weighted by molar-refractivity contribution is -0.244. The van der Waals surface area contributed by atoms with Gasteiger partial charge < -0.3 is 13.9 Å². The summed E-state index contributed by atoms with van der Waals surface area (Å²) in [5.74, 6) is 0.125. The van der Waals surface area contributed by atoms with Crippen molar-refractivity contribution in [2.45, 2.75) is 38.6 Å². The van der Waals surface area contributed by atoms with E-state index in [9.17, 15) is 4.79 Å². The Balaban J connectivity index is 1.63. The van der Waals surface area contributed by atoms with Gasteiger partial charge in [-0.25, -0.2) is 0 Å². The van der Waals surface area contributed by atoms with E-state index < -0.39 is 6.29 Å². The first-order chi connectivity index (χ1) is 14.7. The molecule has 156 valence electrons. The van der Waals surface area contributed by atoms with E-state index in [1.807, 2.05) is 12.1 Å². The van der Waals surface area contributed by atoms with Gasteiger partial charge in [0.1, 0.15) is 11.8 Å². The first-order valence-corrected chi connectivity index (χ1v) is 10.6. The van der Waals surface area contributed by atoms with Crippen LogP contribution in [0.1, 0.15) is 49.7 Å². The van der Waals surface area contributed by atoms with E-state index in [4.69, 9.17) is 25.5 Å². The maximum atomic E-state index is 13.0. The minimum absolute atomic E-state index is 0.125. The first kappa shape index (κ1) is 20.8. The van der Waals surface area contributed by atoms with E-state index >= 15 is 0 Å². The van der Waals surface area contributed by atoms with Crippen LogP contribution in [0.25, 0.3) is 11.0 Å². The molecule has 0 radical (unpaired) electrons. The highest BCUT2D eigenvalue weighted by atomic mass is 35.5. The molecule has 1 aromatic carbocycles. The number of nitrogens with zero attached hydrogens (tertiary/aromatic N) is 1. The molecule has 2 aromatic heterocycles. The molecule has 3 heterocycles. The van der Waals surface area contributed by atoms with Gasteiger partial charge in [0.05, 0.1) is 23.7 Å². The molecule has 3 aromatic rings. The summed E-state index contributed by atoms with van der Waals surface area (Å²) in [5.41, 5.74) is 1.58. The van der Waals surface area contributed by atoms with Crippen molar-refractivity contribution in [1.29, 1.82) is 0 Å². The number of halogens is 1. The number of hydrogen-bond donors (Lipinski definition) is 0. The molecule has 0 unspecified atom stereocenters. The summed E-state index contributed by atoms with van der Waals surface area (Å²) in [6.45, 7) is 2.62. The molecule has 1 aliphatic rings. The van der Waals surface area contributed by atoms with Crippen LogP contribution in [0.2, 0.25) is 5.02 Å². The maximum Gasteiger partial charge on any atom is 0.201 e. The number of fused-ring (bicyclic) bond motifs is 1. The van der Waals surface area contributed by atoms with Crippen LogP contribution < -0.4 is 5.43 Å². The Morgan fingerprint density at radius 2 is 2.17 bits per heavy atom. The predicted octanol–water partition coefficient (Wildman–Crippen LogP) is 5.99. The Hall–Kier alpha value is -2.47. The van der Waals surface area contributed by atoms with Crippen LogP contribution in [0, 0.1) is 5.92 Å². The van der Waals surface area contributed by atoms with Crippen molar-refractivity contribution in [3.05, 3.63) is 87.5 Å². The molecular formula is C24H24ClNO4. The monoisotopic (exact) mass is 425 g/mol. The standard InChI is InChI=1S/C24H24ClNO4/c1-2-3-4-5-7-17-14-29-24(30-23(17)16-8-6-11-26-13-16)20-15-28-21-10-9-18(25)12-19(21)22(20)27/h4-6,8-13,15,17,23-24H,2-3,7,14H2,1H3/b5-4-/t17-,23-,24+/m1/s1. The molecule has 30 heavy (non-hydrogen) atoms. The Labute approximate surface area is 180 Å². The molecule has 0 saturated carbocycles. The molecule has 0 spiro atoms. The third-order valence-corrected chi connectivity index (χ3v) is 5.48. The second-order valence-electron chi connectivity index (χ2n) is 7.42. The van der Waals surface area contributed by atoms with E-state index in [1.54, 1.807) is 30.6 Å². The topological polar surface area (TPSA) is 61.6 Å². The van der Waals surface area contributed by atoms with Gasteiger partial charge in [-0.1, -0.05) is 43.2 Å². The van der Waals surface area contributed by atoms with E-state index in [-0.39, 0.29) is 17.5 Å². The number of allylic oxidation sites excluding steroid dienone is 2. The van der Waals surface area contributed by atoms with Crippen LogP contribution in [0.3, 0.4) is 0 Å². The lowest BCUT2D eigenvalue weighted by Crippen LogP contribution is -2.32. The molecule has 1 aliphatic heterocycles. The Bertz CT molecular complexity index is 1080. The van der Waals surface area contributed by atoms with Crippen LogP contribution >= 0.6 is 11.6 Å². The molecule has 6 heteroatoms. The van der Waals surface area contributed by atoms with Crippen molar-refractivity contribution < 1.29 is 13.9 Å². The lowest BCUT2D eigenvalue weighted by Gasteiger charge is -2.36. The molecule has 0 amide bonds. The van der Waals surface area contributed by atoms with Crippen LogP contribution in [0.15, 0.2) is 70.4 Å². The van der Waals surface area contributed by atoms with E-state index in [1.165, 1.54) is 6.26 Å². The number of rotatable bonds is 6. The number of ether oxygens (including phenoxy) is 2. The Morgan fingerprint density at radius 1 is 1.27 bits per heavy atom. The normalized spacial score (nSPS) is 22.0. The van der Waals surface area contributed by atoms with Gasteiger partial charge in [0.15, 0.2) is 6.29 Å². The fourth-order valence-electron chi connectivity index (χ4n) is 3.67. The molecule has 0 bridgehead atoms. The van der Waals surface area contributed by atoms with Crippen molar-refractivity contribution in [3.8, 4) is 0 Å². The molecular weight excluding hydrogens is 402 g/mol. The molecule has 3 atom stereocenters. The van der Waals surface area contributed by atoms with Crippen molar-refractivity contribution in [1.82, 2.24) is 4.98 Å². The minimum atomic E-state index is -0.814. The van der Waals surface area contributed by atoms with Crippen LogP contribution in [0.5, 0.6) is 0 Å². The van der Waals surface area contributed by atoms with Crippen molar-refractivity contribution >= 4 is 22.6 Å². The van der Waals surface area contributed by atoms with Crippen molar-refractivity contribution in [3.63, 3.8) is 0 Å². The molecule has 1 fully saturated rings. The third-order valence-electron chi connectivity index (χ3n) is 5.25. The molecule has 0 aliphatic carbocycles. The van der Waals surface area contributed by atoms with Gasteiger partial charge in [-0.3, -0.25) is 9.78 Å². The van der Waals surface area contributed by atoms with Crippen molar-refractivity contribution in [2.75, 3.05) is 6.61 Å². The highest BCUT2D eigenvalue weighted by Gasteiger charge is 2.35. The smallest absolute Gasteiger partial charge is 0.201 e. The second kappa shape index (κ2) is 9.56. The number of pyridine rings is 1. The fraction of sp³-hybridized carbons (Fsp3) is 0.333. The van der Waals surface area contributed by atoms with Gasteiger partial charge in [-0.2, -0.15) is 0 Å². The van der Waals surface area contributed by atoms with Gasteiger partial charge in [0.2, 0.25) is 5.43 Å². The highest BCUT2D eigenvalue weighted by Crippen LogP contribution is 2.39. The Morgan fingerprint density at radius 3 is 2.97 bits per heavy atom. The summed E-state index contributed by atoms with van der Waals surface area (Å²) >= 11 is 6.07. The van der Waals surface area contributed by atoms with Crippen molar-refractivity contribution in [2.24, 2.45) is 5.92 Å². The predicted molar refractivity (Wildman–Crippen MR) is 116 cm³/mol. The van der Waals surface area contributed by atoms with E-state index in [0.29, 0.717) is 28.2 Å². The summed E-state index contributed by atoms with van der Waals surface area (Å²) in [4.78, 5) is 17.3. The summed E-state index contributed by atoms with van der Waals surface area (Å²) < 4.78 is 17.9. The molecule has 0 N–H and O–H groups in total. The van der Waals surface area contributed by atoms with Gasteiger partial charge in [-0.05, 0) is 42.7 Å². The Kier molecular flexibility index (Phi) is 6.62. The third kappa shape index (κ3) is 4.48. The summed E-state index contributed by atoms with van der Waals surface area (Å²) in [7, 11) is 0. The quantitative estimate of drug-likeness (QED) is 0.454. The lowest BCUT2D eigenvalue weighted by atomic mass is 9.92. The summed E-state index contributed by atoms with van der Waals surface area (Å²) in [6, 6.07) is 8.86. The molecule has 5 nitrogen and oxygen atoms in total. The summed E-state index contributed by atoms with van der Waals surface area (Å²) in [5, 5.41) is 0.888. The van der Waals surface area contributed by atoms with Crippen LogP contribution in [-0.4, -0.2) is 11.6 Å². The zero-order valence-corrected chi connectivity index (χ0v) is 17.5. The van der Waals surface area contributed by atoms with Gasteiger partial charge in [0, 0.05) is 23.3 Å². The number of hydrogen-bond acceptors (Lipinski definition) is 5. The van der Waals surface area contributed by atoms with Gasteiger partial charge >= 0.3 is 0 Å². The van der Waals surface area contributed by atoms with Gasteiger partial charge in [-0.15, -0.1) is 0 Å². The second-order valence-corrected chi connectivity index (χ2v) is 7.86.